The van der Waals surface area contributed by atoms with Crippen molar-refractivity contribution in [3.05, 3.63) is 29.8 Å². The Balaban J connectivity index is 1.97. The lowest BCUT2D eigenvalue weighted by Gasteiger charge is -2.23. The molecule has 1 aromatic carbocycles. The van der Waals surface area contributed by atoms with Crippen LogP contribution in [0.5, 0.6) is 5.75 Å². The van der Waals surface area contributed by atoms with Crippen LogP contribution in [0, 0.1) is 5.92 Å². The molecule has 2 rings (SSSR count). The molecule has 1 saturated heterocycles. The number of rotatable bonds is 13. The van der Waals surface area contributed by atoms with E-state index in [1.165, 1.54) is 12.1 Å². The second-order valence-electron chi connectivity index (χ2n) is 8.37. The van der Waals surface area contributed by atoms with E-state index >= 15 is 0 Å². The Morgan fingerprint density at radius 2 is 1.67 bits per heavy atom. The molecule has 0 radical (unpaired) electrons. The molecule has 4 amide bonds. The number of ether oxygens (including phenoxy) is 1. The van der Waals surface area contributed by atoms with Gasteiger partial charge in [-0.25, -0.2) is 0 Å². The summed E-state index contributed by atoms with van der Waals surface area (Å²) in [7, 11) is 0. The van der Waals surface area contributed by atoms with Crippen molar-refractivity contribution in [3.63, 3.8) is 0 Å². The van der Waals surface area contributed by atoms with Crippen molar-refractivity contribution in [2.45, 2.75) is 57.4 Å². The fourth-order valence-corrected chi connectivity index (χ4v) is 3.22. The average Bonchev–Trinajstić information content (AvgIpc) is 3.55. The van der Waals surface area contributed by atoms with Crippen molar-refractivity contribution in [2.75, 3.05) is 13.2 Å². The number of primary amides is 1. The zero-order valence-electron chi connectivity index (χ0n) is 18.7. The van der Waals surface area contributed by atoms with Crippen LogP contribution >= 0.6 is 0 Å². The van der Waals surface area contributed by atoms with Gasteiger partial charge in [0, 0.05) is 19.6 Å². The Morgan fingerprint density at radius 3 is 2.24 bits per heavy atom. The van der Waals surface area contributed by atoms with E-state index in [2.05, 4.69) is 16.0 Å². The third-order valence-corrected chi connectivity index (χ3v) is 5.02. The van der Waals surface area contributed by atoms with Gasteiger partial charge in [-0.05, 0) is 36.5 Å². The van der Waals surface area contributed by atoms with E-state index < -0.39 is 47.9 Å². The first kappa shape index (κ1) is 26.1. The third kappa shape index (κ3) is 8.35. The number of carbonyl (C=O) groups excluding carboxylic acids is 4. The van der Waals surface area contributed by atoms with Gasteiger partial charge in [-0.3, -0.25) is 19.2 Å². The van der Waals surface area contributed by atoms with Gasteiger partial charge in [-0.2, -0.15) is 0 Å². The van der Waals surface area contributed by atoms with E-state index in [0.29, 0.717) is 18.4 Å². The van der Waals surface area contributed by atoms with E-state index in [-0.39, 0.29) is 31.2 Å². The highest BCUT2D eigenvalue weighted by molar-refractivity contribution is 5.97. The number of carbonyl (C=O) groups is 4. The van der Waals surface area contributed by atoms with Gasteiger partial charge >= 0.3 is 0 Å². The van der Waals surface area contributed by atoms with Crippen LogP contribution in [0.15, 0.2) is 24.3 Å². The van der Waals surface area contributed by atoms with Crippen molar-refractivity contribution in [3.8, 4) is 5.75 Å². The van der Waals surface area contributed by atoms with Gasteiger partial charge in [0.15, 0.2) is 12.2 Å². The molecule has 1 aliphatic rings. The van der Waals surface area contributed by atoms with Crippen LogP contribution in [0.25, 0.3) is 0 Å². The summed E-state index contributed by atoms with van der Waals surface area (Å²) >= 11 is 0. The molecule has 0 aliphatic carbocycles. The molecule has 0 unspecified atom stereocenters. The zero-order valence-corrected chi connectivity index (χ0v) is 18.7. The summed E-state index contributed by atoms with van der Waals surface area (Å²) in [6, 6.07) is 4.17. The normalized spacial score (nSPS) is 18.8. The first-order chi connectivity index (χ1) is 15.6. The number of amides is 4. The number of hydrogen-bond acceptors (Lipinski definition) is 7. The summed E-state index contributed by atoms with van der Waals surface area (Å²) in [6.45, 7) is 3.94. The number of aromatic hydroxyl groups is 1. The van der Waals surface area contributed by atoms with E-state index in [9.17, 15) is 24.3 Å². The molecule has 4 atom stereocenters. The molecule has 0 spiro atoms. The molecule has 1 fully saturated rings. The van der Waals surface area contributed by atoms with Crippen molar-refractivity contribution in [1.82, 2.24) is 16.0 Å². The van der Waals surface area contributed by atoms with Crippen LogP contribution in [0.3, 0.4) is 0 Å². The predicted octanol–water partition coefficient (Wildman–Crippen LogP) is -1.30. The number of hydrogen-bond donors (Lipinski definition) is 6. The molecule has 1 aliphatic heterocycles. The van der Waals surface area contributed by atoms with Gasteiger partial charge in [-0.1, -0.05) is 26.0 Å². The van der Waals surface area contributed by atoms with Crippen molar-refractivity contribution < 1.29 is 34.1 Å². The highest BCUT2D eigenvalue weighted by Gasteiger charge is 2.50. The molecular formula is C22H32N4O7. The fraction of sp³-hybridized carbons (Fsp3) is 0.545. The number of epoxide rings is 1. The summed E-state index contributed by atoms with van der Waals surface area (Å²) in [5.74, 6) is -2.27. The Bertz CT molecular complexity index is 844. The van der Waals surface area contributed by atoms with Crippen molar-refractivity contribution in [2.24, 2.45) is 11.7 Å². The Hall–Kier alpha value is -3.18. The molecule has 11 heteroatoms. The Morgan fingerprint density at radius 1 is 1.03 bits per heavy atom. The van der Waals surface area contributed by atoms with E-state index in [1.54, 1.807) is 12.1 Å². The van der Waals surface area contributed by atoms with E-state index in [1.807, 2.05) is 13.8 Å². The smallest absolute Gasteiger partial charge is 0.253 e. The topological polar surface area (TPSA) is 183 Å². The summed E-state index contributed by atoms with van der Waals surface area (Å²) in [5, 5.41) is 25.9. The number of aliphatic hydroxyl groups excluding tert-OH is 1. The van der Waals surface area contributed by atoms with Gasteiger partial charge in [0.1, 0.15) is 17.8 Å². The lowest BCUT2D eigenvalue weighted by atomic mass is 10.0. The van der Waals surface area contributed by atoms with Crippen LogP contribution in [0.4, 0.5) is 0 Å². The molecule has 1 heterocycles. The Kier molecular flexibility index (Phi) is 9.61. The second kappa shape index (κ2) is 12.2. The molecule has 182 valence electrons. The molecule has 1 aromatic rings. The zero-order chi connectivity index (χ0) is 24.5. The van der Waals surface area contributed by atoms with Gasteiger partial charge in [-0.15, -0.1) is 0 Å². The molecular weight excluding hydrogens is 432 g/mol. The van der Waals surface area contributed by atoms with E-state index in [4.69, 9.17) is 15.6 Å². The average molecular weight is 465 g/mol. The van der Waals surface area contributed by atoms with Gasteiger partial charge in [0.25, 0.3) is 11.8 Å². The molecule has 0 bridgehead atoms. The molecule has 11 nitrogen and oxygen atoms in total. The molecule has 0 saturated carbocycles. The van der Waals surface area contributed by atoms with Gasteiger partial charge in [0.2, 0.25) is 11.8 Å². The van der Waals surface area contributed by atoms with Crippen molar-refractivity contribution >= 4 is 23.6 Å². The third-order valence-electron chi connectivity index (χ3n) is 5.02. The van der Waals surface area contributed by atoms with Crippen molar-refractivity contribution in [1.29, 1.82) is 0 Å². The first-order valence-electron chi connectivity index (χ1n) is 10.8. The fourth-order valence-electron chi connectivity index (χ4n) is 3.22. The lowest BCUT2D eigenvalue weighted by Crippen LogP contribution is -2.54. The maximum Gasteiger partial charge on any atom is 0.253 e. The SMILES string of the molecule is CC(C)C[C@H](NC(=O)[C@H]1O[C@@H]1C(=O)NCCCO)C(=O)N[C@@H](Cc1ccc(O)cc1)C(N)=O. The lowest BCUT2D eigenvalue weighted by molar-refractivity contribution is -0.132. The van der Waals surface area contributed by atoms with Crippen LogP contribution in [0.2, 0.25) is 0 Å². The highest BCUT2D eigenvalue weighted by atomic mass is 16.6. The maximum atomic E-state index is 12.9. The Labute approximate surface area is 192 Å². The minimum Gasteiger partial charge on any atom is -0.508 e. The maximum absolute atomic E-state index is 12.9. The van der Waals surface area contributed by atoms with E-state index in [0.717, 1.165) is 0 Å². The van der Waals surface area contributed by atoms with Crippen LogP contribution in [-0.4, -0.2) is 71.3 Å². The number of nitrogens with two attached hydrogens (primary N) is 1. The van der Waals surface area contributed by atoms with Crippen LogP contribution in [0.1, 0.15) is 32.3 Å². The highest BCUT2D eigenvalue weighted by Crippen LogP contribution is 2.23. The summed E-state index contributed by atoms with van der Waals surface area (Å²) < 4.78 is 5.15. The molecule has 7 N–H and O–H groups in total. The first-order valence-corrected chi connectivity index (χ1v) is 10.8. The quantitative estimate of drug-likeness (QED) is 0.155. The molecule has 0 aromatic heterocycles. The number of phenolic OH excluding ortho intramolecular Hbond substituents is 1. The number of benzene rings is 1. The van der Waals surface area contributed by atoms with Gasteiger partial charge < -0.3 is 36.6 Å². The minimum atomic E-state index is -1.02. The monoisotopic (exact) mass is 464 g/mol. The number of phenols is 1. The number of nitrogens with one attached hydrogen (secondary N) is 3. The minimum absolute atomic E-state index is 0.0443. The standard InChI is InChI=1S/C22H32N4O7/c1-12(2)10-16(26-22(32)18-17(33-18)21(31)24-8-3-9-27)20(30)25-15(19(23)29)11-13-4-6-14(28)7-5-13/h4-7,12,15-18,27-28H,3,8-11H2,1-2H3,(H2,23,29)(H,24,31)(H,25,30)(H,26,32)/t15-,16-,17-,18-/m0/s1. The van der Waals surface area contributed by atoms with Crippen LogP contribution in [-0.2, 0) is 30.3 Å². The van der Waals surface area contributed by atoms with Crippen LogP contribution < -0.4 is 21.7 Å². The van der Waals surface area contributed by atoms with Gasteiger partial charge in [0.05, 0.1) is 0 Å². The molecule has 33 heavy (non-hydrogen) atoms. The summed E-state index contributed by atoms with van der Waals surface area (Å²) in [6.07, 6.45) is -1.16. The number of aliphatic hydroxyl groups is 1. The predicted molar refractivity (Wildman–Crippen MR) is 118 cm³/mol. The summed E-state index contributed by atoms with van der Waals surface area (Å²) in [4.78, 5) is 49.3. The second-order valence-corrected chi connectivity index (χ2v) is 8.37. The largest absolute Gasteiger partial charge is 0.508 e. The summed E-state index contributed by atoms with van der Waals surface area (Å²) in [5.41, 5.74) is 6.14.